The van der Waals surface area contributed by atoms with Crippen molar-refractivity contribution in [1.82, 2.24) is 0 Å². The zero-order valence-corrected chi connectivity index (χ0v) is 29.0. The van der Waals surface area contributed by atoms with Gasteiger partial charge in [-0.05, 0) is 19.1 Å². The lowest BCUT2D eigenvalue weighted by Crippen LogP contribution is -2.16. The summed E-state index contributed by atoms with van der Waals surface area (Å²) in [6.45, 7) is 13.6. The molecule has 0 bridgehead atoms. The number of benzene rings is 1. The van der Waals surface area contributed by atoms with Gasteiger partial charge in [-0.15, -0.1) is 0 Å². The minimum absolute atomic E-state index is 0.0636. The van der Waals surface area contributed by atoms with Gasteiger partial charge in [-0.25, -0.2) is 4.79 Å². The van der Waals surface area contributed by atoms with Gasteiger partial charge in [0, 0.05) is 5.57 Å². The highest BCUT2D eigenvalue weighted by molar-refractivity contribution is 7.86. The molecule has 1 aromatic rings. The smallest absolute Gasteiger partial charge is 0.333 e. The molecule has 0 N–H and O–H groups in total. The Hall–Kier alpha value is -2.06. The second-order valence-electron chi connectivity index (χ2n) is 9.63. The van der Waals surface area contributed by atoms with Crippen LogP contribution in [0, 0.1) is 0 Å². The predicted octanol–water partition coefficient (Wildman–Crippen LogP) is 1.68. The van der Waals surface area contributed by atoms with E-state index >= 15 is 0 Å². The third-order valence-corrected chi connectivity index (χ3v) is 6.98. The number of ether oxygens (including phenoxy) is 11. The predicted molar refractivity (Wildman–Crippen MR) is 174 cm³/mol. The van der Waals surface area contributed by atoms with Gasteiger partial charge in [0.05, 0.1) is 144 Å². The lowest BCUT2D eigenvalue weighted by molar-refractivity contribution is -0.140. The SMILES string of the molecule is C=C(C)C(=O)OCCOCCOCCOCCOCCOCCOCCOCCOCCOCCOCCOS(=O)(=O)c1ccccc1. The maximum absolute atomic E-state index is 12.0. The highest BCUT2D eigenvalue weighted by Gasteiger charge is 2.13. The molecule has 48 heavy (non-hydrogen) atoms. The quantitative estimate of drug-likeness (QED) is 0.0428. The summed E-state index contributed by atoms with van der Waals surface area (Å²) in [5.41, 5.74) is 0.363. The summed E-state index contributed by atoms with van der Waals surface area (Å²) >= 11 is 0. The fraction of sp³-hybridized carbons (Fsp3) is 0.719. The third kappa shape index (κ3) is 27.8. The molecule has 0 aromatic heterocycles. The standard InChI is InChI=1S/C32H54O15S/c1-30(2)32(33)46-28-26-44-24-22-42-20-18-40-16-14-38-12-10-36-8-9-37-11-13-39-15-17-41-19-21-43-23-25-45-27-29-47-48(34,35)31-6-4-3-5-7-31/h3-7H,1,8-29H2,2H3. The Morgan fingerprint density at radius 2 is 0.750 bits per heavy atom. The van der Waals surface area contributed by atoms with Crippen LogP contribution in [0.3, 0.4) is 0 Å². The molecule has 0 saturated heterocycles. The Morgan fingerprint density at radius 3 is 1.04 bits per heavy atom. The fourth-order valence-electron chi connectivity index (χ4n) is 3.26. The molecule has 0 saturated carbocycles. The van der Waals surface area contributed by atoms with E-state index in [0.29, 0.717) is 131 Å². The first-order chi connectivity index (χ1) is 23.4. The van der Waals surface area contributed by atoms with E-state index in [1.54, 1.807) is 25.1 Å². The number of hydrogen-bond donors (Lipinski definition) is 0. The maximum Gasteiger partial charge on any atom is 0.333 e. The van der Waals surface area contributed by atoms with Gasteiger partial charge in [0.25, 0.3) is 10.1 Å². The van der Waals surface area contributed by atoms with Crippen molar-refractivity contribution in [3.05, 3.63) is 42.5 Å². The van der Waals surface area contributed by atoms with E-state index in [9.17, 15) is 13.2 Å². The van der Waals surface area contributed by atoms with E-state index in [0.717, 1.165) is 0 Å². The Balaban J connectivity index is 1.67. The van der Waals surface area contributed by atoms with E-state index < -0.39 is 16.1 Å². The summed E-state index contributed by atoms with van der Waals surface area (Å²) in [4.78, 5) is 11.3. The minimum Gasteiger partial charge on any atom is -0.460 e. The summed E-state index contributed by atoms with van der Waals surface area (Å²) in [6.07, 6.45) is 0. The molecule has 0 aliphatic carbocycles. The molecule has 1 rings (SSSR count). The second-order valence-corrected chi connectivity index (χ2v) is 11.2. The topological polar surface area (TPSA) is 162 Å². The van der Waals surface area contributed by atoms with E-state index in [-0.39, 0.29) is 24.7 Å². The van der Waals surface area contributed by atoms with Crippen LogP contribution in [-0.4, -0.2) is 160 Å². The Labute approximate surface area is 285 Å². The number of carbonyl (C=O) groups excluding carboxylic acids is 1. The van der Waals surface area contributed by atoms with Crippen molar-refractivity contribution >= 4 is 16.1 Å². The van der Waals surface area contributed by atoms with Crippen LogP contribution >= 0.6 is 0 Å². The zero-order valence-electron chi connectivity index (χ0n) is 28.2. The normalized spacial score (nSPS) is 11.6. The van der Waals surface area contributed by atoms with E-state index in [4.69, 9.17) is 56.3 Å². The van der Waals surface area contributed by atoms with Crippen molar-refractivity contribution in [2.75, 3.05) is 145 Å². The summed E-state index contributed by atoms with van der Waals surface area (Å²) in [5, 5.41) is 0. The molecule has 15 nitrogen and oxygen atoms in total. The van der Waals surface area contributed by atoms with Crippen molar-refractivity contribution in [3.8, 4) is 0 Å². The summed E-state index contributed by atoms with van der Waals surface area (Å²) in [5.74, 6) is -0.420. The Kier molecular flexibility index (Phi) is 29.5. The molecular formula is C32H54O15S. The van der Waals surface area contributed by atoms with Crippen LogP contribution in [-0.2, 0) is 71.2 Å². The molecule has 278 valence electrons. The third-order valence-electron chi connectivity index (χ3n) is 5.66. The monoisotopic (exact) mass is 710 g/mol. The summed E-state index contributed by atoms with van der Waals surface area (Å²) in [7, 11) is -3.76. The van der Waals surface area contributed by atoms with Crippen LogP contribution in [0.2, 0.25) is 0 Å². The maximum atomic E-state index is 12.0. The molecule has 1 aromatic carbocycles. The van der Waals surface area contributed by atoms with Gasteiger partial charge < -0.3 is 52.1 Å². The van der Waals surface area contributed by atoms with E-state index in [1.165, 1.54) is 12.1 Å². The van der Waals surface area contributed by atoms with Crippen LogP contribution < -0.4 is 0 Å². The Bertz CT molecular complexity index is 994. The highest BCUT2D eigenvalue weighted by atomic mass is 32.2. The first-order valence-corrected chi connectivity index (χ1v) is 17.4. The van der Waals surface area contributed by atoms with Gasteiger partial charge in [0.15, 0.2) is 0 Å². The van der Waals surface area contributed by atoms with Gasteiger partial charge >= 0.3 is 5.97 Å². The fourth-order valence-corrected chi connectivity index (χ4v) is 4.17. The van der Waals surface area contributed by atoms with E-state index in [2.05, 4.69) is 6.58 Å². The summed E-state index contributed by atoms with van der Waals surface area (Å²) < 4.78 is 87.8. The lowest BCUT2D eigenvalue weighted by atomic mass is 10.4. The molecule has 0 spiro atoms. The zero-order chi connectivity index (χ0) is 34.8. The van der Waals surface area contributed by atoms with Gasteiger partial charge in [0.2, 0.25) is 0 Å². The van der Waals surface area contributed by atoms with Crippen molar-refractivity contribution in [1.29, 1.82) is 0 Å². The molecule has 16 heteroatoms. The average molecular weight is 711 g/mol. The van der Waals surface area contributed by atoms with Crippen LogP contribution in [0.4, 0.5) is 0 Å². The lowest BCUT2D eigenvalue weighted by Gasteiger charge is -2.09. The van der Waals surface area contributed by atoms with Gasteiger partial charge in [-0.3, -0.25) is 4.18 Å². The highest BCUT2D eigenvalue weighted by Crippen LogP contribution is 2.10. The van der Waals surface area contributed by atoms with Gasteiger partial charge in [0.1, 0.15) is 6.61 Å². The van der Waals surface area contributed by atoms with E-state index in [1.807, 2.05) is 0 Å². The number of esters is 1. The van der Waals surface area contributed by atoms with Gasteiger partial charge in [-0.1, -0.05) is 24.8 Å². The molecule has 0 aliphatic heterocycles. The molecule has 0 unspecified atom stereocenters. The Morgan fingerprint density at radius 1 is 0.479 bits per heavy atom. The number of hydrogen-bond acceptors (Lipinski definition) is 15. The molecule has 0 amide bonds. The van der Waals surface area contributed by atoms with Crippen LogP contribution in [0.25, 0.3) is 0 Å². The number of carbonyl (C=O) groups is 1. The van der Waals surface area contributed by atoms with Crippen molar-refractivity contribution < 1.29 is 69.5 Å². The minimum atomic E-state index is -3.76. The average Bonchev–Trinajstić information content (AvgIpc) is 3.08. The molecular weight excluding hydrogens is 656 g/mol. The van der Waals surface area contributed by atoms with Crippen molar-refractivity contribution in [3.63, 3.8) is 0 Å². The molecule has 0 aliphatic rings. The molecule has 0 radical (unpaired) electrons. The van der Waals surface area contributed by atoms with Crippen molar-refractivity contribution in [2.24, 2.45) is 0 Å². The first kappa shape index (κ1) is 44.0. The van der Waals surface area contributed by atoms with Crippen molar-refractivity contribution in [2.45, 2.75) is 11.8 Å². The first-order valence-electron chi connectivity index (χ1n) is 16.0. The second kappa shape index (κ2) is 32.2. The summed E-state index contributed by atoms with van der Waals surface area (Å²) in [6, 6.07) is 7.96. The van der Waals surface area contributed by atoms with Crippen LogP contribution in [0.5, 0.6) is 0 Å². The number of rotatable bonds is 36. The largest absolute Gasteiger partial charge is 0.460 e. The van der Waals surface area contributed by atoms with Crippen LogP contribution in [0.15, 0.2) is 47.4 Å². The molecule has 0 atom stereocenters. The molecule has 0 heterocycles. The molecule has 0 fully saturated rings. The van der Waals surface area contributed by atoms with Gasteiger partial charge in [-0.2, -0.15) is 8.42 Å². The van der Waals surface area contributed by atoms with Crippen LogP contribution in [0.1, 0.15) is 6.92 Å².